The van der Waals surface area contributed by atoms with Gasteiger partial charge < -0.3 is 10.0 Å². The zero-order chi connectivity index (χ0) is 13.7. The Bertz CT molecular complexity index is 470. The molecule has 0 unspecified atom stereocenters. The van der Waals surface area contributed by atoms with Crippen molar-refractivity contribution in [2.45, 2.75) is 12.1 Å². The molecule has 1 N–H and O–H groups in total. The highest BCUT2D eigenvalue weighted by Crippen LogP contribution is 2.18. The molecule has 0 fully saturated rings. The first-order valence-electron chi connectivity index (χ1n) is 5.07. The predicted molar refractivity (Wildman–Crippen MR) is 68.0 cm³/mol. The minimum atomic E-state index is -1.08. The average Bonchev–Trinajstić information content (AvgIpc) is 2.35. The fourth-order valence-electron chi connectivity index (χ4n) is 1.24. The number of hydrogen-bond acceptors (Lipinski definition) is 5. The number of rotatable bonds is 5. The molecule has 1 aromatic rings. The molecule has 8 heteroatoms. The number of aromatic nitrogens is 2. The fraction of sp³-hybridized carbons (Fsp3) is 0.400. The predicted octanol–water partition coefficient (Wildman–Crippen LogP) is 1.40. The van der Waals surface area contributed by atoms with Gasteiger partial charge in [0.1, 0.15) is 6.54 Å². The van der Waals surface area contributed by atoms with Crippen LogP contribution in [0.2, 0.25) is 5.02 Å². The van der Waals surface area contributed by atoms with Gasteiger partial charge in [-0.1, -0.05) is 23.4 Å². The van der Waals surface area contributed by atoms with Crippen molar-refractivity contribution < 1.29 is 14.7 Å². The van der Waals surface area contributed by atoms with Crippen LogP contribution in [0.4, 0.5) is 0 Å². The lowest BCUT2D eigenvalue weighted by atomic mass is 10.3. The Labute approximate surface area is 113 Å². The number of hydrogen-bond donors (Lipinski definition) is 1. The van der Waals surface area contributed by atoms with Crippen LogP contribution in [0.25, 0.3) is 0 Å². The molecular weight excluding hydrogens is 278 g/mol. The van der Waals surface area contributed by atoms with E-state index >= 15 is 0 Å². The summed E-state index contributed by atoms with van der Waals surface area (Å²) in [5, 5.41) is 9.24. The molecule has 0 atom stereocenters. The van der Waals surface area contributed by atoms with Gasteiger partial charge in [0.2, 0.25) is 0 Å². The molecule has 1 rings (SSSR count). The molecule has 0 saturated heterocycles. The quantitative estimate of drug-likeness (QED) is 0.651. The van der Waals surface area contributed by atoms with E-state index < -0.39 is 11.9 Å². The Balaban J connectivity index is 3.04. The summed E-state index contributed by atoms with van der Waals surface area (Å²) in [4.78, 5) is 31.8. The molecule has 0 saturated carbocycles. The first-order valence-corrected chi connectivity index (χ1v) is 6.67. The normalized spacial score (nSPS) is 10.2. The van der Waals surface area contributed by atoms with E-state index in [0.29, 0.717) is 5.16 Å². The fourth-order valence-corrected chi connectivity index (χ4v) is 1.75. The number of likely N-dealkylation sites (N-methyl/N-ethyl adjacent to an activating group) is 1. The molecule has 0 bridgehead atoms. The zero-order valence-electron chi connectivity index (χ0n) is 9.88. The highest BCUT2D eigenvalue weighted by molar-refractivity contribution is 7.98. The Morgan fingerprint density at radius 1 is 1.56 bits per heavy atom. The lowest BCUT2D eigenvalue weighted by molar-refractivity contribution is -0.137. The molecule has 0 aromatic carbocycles. The van der Waals surface area contributed by atoms with E-state index in [1.807, 2.05) is 0 Å². The van der Waals surface area contributed by atoms with E-state index in [1.165, 1.54) is 18.0 Å². The Kier molecular flexibility index (Phi) is 5.36. The maximum Gasteiger partial charge on any atom is 0.323 e. The molecule has 18 heavy (non-hydrogen) atoms. The van der Waals surface area contributed by atoms with E-state index in [2.05, 4.69) is 9.97 Å². The largest absolute Gasteiger partial charge is 0.480 e. The molecule has 98 valence electrons. The summed E-state index contributed by atoms with van der Waals surface area (Å²) in [6, 6.07) is 0. The molecule has 0 aliphatic rings. The number of amides is 1. The van der Waals surface area contributed by atoms with E-state index in [1.54, 1.807) is 13.2 Å². The van der Waals surface area contributed by atoms with Crippen LogP contribution in [-0.2, 0) is 4.79 Å². The summed E-state index contributed by atoms with van der Waals surface area (Å²) in [5.74, 6) is -1.59. The third-order valence-electron chi connectivity index (χ3n) is 2.10. The third kappa shape index (κ3) is 3.58. The van der Waals surface area contributed by atoms with Gasteiger partial charge in [-0.2, -0.15) is 0 Å². The van der Waals surface area contributed by atoms with Gasteiger partial charge in [-0.15, -0.1) is 0 Å². The van der Waals surface area contributed by atoms with Crippen molar-refractivity contribution in [3.8, 4) is 0 Å². The maximum atomic E-state index is 12.1. The lowest BCUT2D eigenvalue weighted by Crippen LogP contribution is -2.36. The zero-order valence-corrected chi connectivity index (χ0v) is 11.5. The number of thioether (sulfide) groups is 1. The molecule has 1 aromatic heterocycles. The molecule has 1 heterocycles. The molecule has 0 aliphatic carbocycles. The second-order valence-electron chi connectivity index (χ2n) is 3.27. The number of halogens is 1. The van der Waals surface area contributed by atoms with Gasteiger partial charge in [-0.25, -0.2) is 9.97 Å². The van der Waals surface area contributed by atoms with Crippen LogP contribution in [0, 0.1) is 0 Å². The van der Waals surface area contributed by atoms with Crippen molar-refractivity contribution in [3.05, 3.63) is 16.9 Å². The molecule has 0 aliphatic heterocycles. The van der Waals surface area contributed by atoms with Crippen molar-refractivity contribution >= 4 is 35.2 Å². The number of aliphatic carboxylic acids is 1. The van der Waals surface area contributed by atoms with Crippen LogP contribution < -0.4 is 0 Å². The van der Waals surface area contributed by atoms with Crippen molar-refractivity contribution in [1.82, 2.24) is 14.9 Å². The summed E-state index contributed by atoms with van der Waals surface area (Å²) in [6.45, 7) is 1.57. The standard InChI is InChI=1S/C10H12ClN3O3S/c1-3-14(5-7(15)16)9(17)8-6(11)4-12-10(13-8)18-2/h4H,3,5H2,1-2H3,(H,15,16). The third-order valence-corrected chi connectivity index (χ3v) is 2.94. The van der Waals surface area contributed by atoms with Gasteiger partial charge >= 0.3 is 5.97 Å². The van der Waals surface area contributed by atoms with Gasteiger partial charge in [0.05, 0.1) is 11.2 Å². The van der Waals surface area contributed by atoms with Gasteiger partial charge in [-0.05, 0) is 13.2 Å². The average molecular weight is 290 g/mol. The Morgan fingerprint density at radius 3 is 2.72 bits per heavy atom. The van der Waals surface area contributed by atoms with Crippen LogP contribution in [0.5, 0.6) is 0 Å². The van der Waals surface area contributed by atoms with Crippen molar-refractivity contribution in [3.63, 3.8) is 0 Å². The summed E-state index contributed by atoms with van der Waals surface area (Å²) >= 11 is 7.13. The van der Waals surface area contributed by atoms with Gasteiger partial charge in [0.15, 0.2) is 10.9 Å². The summed E-state index contributed by atoms with van der Waals surface area (Å²) in [7, 11) is 0. The lowest BCUT2D eigenvalue weighted by Gasteiger charge is -2.18. The highest BCUT2D eigenvalue weighted by atomic mass is 35.5. The first-order chi connectivity index (χ1) is 8.49. The maximum absolute atomic E-state index is 12.1. The van der Waals surface area contributed by atoms with E-state index in [9.17, 15) is 9.59 Å². The molecule has 1 amide bonds. The number of carboxylic acids is 1. The molecule has 0 spiro atoms. The molecule has 6 nitrogen and oxygen atoms in total. The number of carbonyl (C=O) groups excluding carboxylic acids is 1. The smallest absolute Gasteiger partial charge is 0.323 e. The van der Waals surface area contributed by atoms with Crippen LogP contribution in [-0.4, -0.2) is 51.2 Å². The van der Waals surface area contributed by atoms with Crippen LogP contribution in [0.3, 0.4) is 0 Å². The second kappa shape index (κ2) is 6.55. The second-order valence-corrected chi connectivity index (χ2v) is 4.45. The minimum Gasteiger partial charge on any atom is -0.480 e. The first kappa shape index (κ1) is 14.7. The van der Waals surface area contributed by atoms with E-state index in [0.717, 1.165) is 4.90 Å². The number of carbonyl (C=O) groups is 2. The molecule has 0 radical (unpaired) electrons. The van der Waals surface area contributed by atoms with Crippen molar-refractivity contribution in [2.24, 2.45) is 0 Å². The topological polar surface area (TPSA) is 83.4 Å². The van der Waals surface area contributed by atoms with Crippen LogP contribution in [0.15, 0.2) is 11.4 Å². The monoisotopic (exact) mass is 289 g/mol. The van der Waals surface area contributed by atoms with Crippen LogP contribution in [0.1, 0.15) is 17.4 Å². The summed E-state index contributed by atoms with van der Waals surface area (Å²) in [6.07, 6.45) is 3.11. The SMILES string of the molecule is CCN(CC(=O)O)C(=O)c1nc(SC)ncc1Cl. The van der Waals surface area contributed by atoms with E-state index in [4.69, 9.17) is 16.7 Å². The van der Waals surface area contributed by atoms with Crippen LogP contribution >= 0.6 is 23.4 Å². The minimum absolute atomic E-state index is 0.0270. The summed E-state index contributed by atoms with van der Waals surface area (Å²) < 4.78 is 0. The van der Waals surface area contributed by atoms with Crippen molar-refractivity contribution in [2.75, 3.05) is 19.3 Å². The van der Waals surface area contributed by atoms with E-state index in [-0.39, 0.29) is 23.8 Å². The summed E-state index contributed by atoms with van der Waals surface area (Å²) in [5.41, 5.74) is 0.0270. The van der Waals surface area contributed by atoms with Crippen molar-refractivity contribution in [1.29, 1.82) is 0 Å². The van der Waals surface area contributed by atoms with Gasteiger partial charge in [0, 0.05) is 6.54 Å². The number of nitrogens with zero attached hydrogens (tertiary/aromatic N) is 3. The van der Waals surface area contributed by atoms with Gasteiger partial charge in [-0.3, -0.25) is 9.59 Å². The van der Waals surface area contributed by atoms with Gasteiger partial charge in [0.25, 0.3) is 5.91 Å². The number of carboxylic acid groups (broad SMARTS) is 1. The molecular formula is C10H12ClN3O3S. The Morgan fingerprint density at radius 2 is 2.22 bits per heavy atom. The highest BCUT2D eigenvalue weighted by Gasteiger charge is 2.21. The Hall–Kier alpha value is -1.34.